The lowest BCUT2D eigenvalue weighted by Gasteiger charge is -2.25. The number of nitrogen functional groups attached to an aromatic ring is 1. The van der Waals surface area contributed by atoms with Crippen molar-refractivity contribution in [2.45, 2.75) is 19.1 Å². The van der Waals surface area contributed by atoms with Crippen LogP contribution in [0, 0.1) is 0 Å². The highest BCUT2D eigenvalue weighted by Gasteiger charge is 2.27. The summed E-state index contributed by atoms with van der Waals surface area (Å²) >= 11 is 0. The molecule has 0 amide bonds. The van der Waals surface area contributed by atoms with E-state index in [1.165, 1.54) is 0 Å². The van der Waals surface area contributed by atoms with Crippen LogP contribution in [0.25, 0.3) is 0 Å². The predicted molar refractivity (Wildman–Crippen MR) is 81.5 cm³/mol. The molecule has 0 radical (unpaired) electrons. The molecule has 0 saturated heterocycles. The fourth-order valence-corrected chi connectivity index (χ4v) is 2.59. The van der Waals surface area contributed by atoms with Crippen LogP contribution in [-0.4, -0.2) is 12.5 Å². The van der Waals surface area contributed by atoms with Crippen molar-refractivity contribution in [2.75, 3.05) is 12.3 Å². The summed E-state index contributed by atoms with van der Waals surface area (Å²) in [5, 5.41) is 3.21. The summed E-state index contributed by atoms with van der Waals surface area (Å²) in [6.07, 6.45) is 0.901. The van der Waals surface area contributed by atoms with Crippen LogP contribution in [-0.2, 0) is 22.6 Å². The molecule has 4 nitrogen and oxygen atoms in total. The maximum Gasteiger partial charge on any atom is 0.328 e. The number of carbonyl (C=O) groups is 1. The van der Waals surface area contributed by atoms with E-state index in [9.17, 15) is 4.79 Å². The largest absolute Gasteiger partial charge is 0.459 e. The number of fused-ring (bicyclic) bond motifs is 1. The molecule has 1 heterocycles. The van der Waals surface area contributed by atoms with Crippen LogP contribution in [0.15, 0.2) is 48.5 Å². The highest BCUT2D eigenvalue weighted by atomic mass is 16.5. The summed E-state index contributed by atoms with van der Waals surface area (Å²) in [5.41, 5.74) is 9.56. The summed E-state index contributed by atoms with van der Waals surface area (Å²) in [7, 11) is 0. The van der Waals surface area contributed by atoms with E-state index in [0.29, 0.717) is 5.69 Å². The van der Waals surface area contributed by atoms with Crippen LogP contribution in [0.1, 0.15) is 22.7 Å². The summed E-state index contributed by atoms with van der Waals surface area (Å²) in [6.45, 7) is 1.05. The molecule has 2 aromatic rings. The Bertz CT molecular complexity index is 640. The third-order valence-corrected chi connectivity index (χ3v) is 3.68. The number of carbonyl (C=O) groups excluding carboxylic acids is 1. The van der Waals surface area contributed by atoms with Crippen LogP contribution in [0.3, 0.4) is 0 Å². The average Bonchev–Trinajstić information content (AvgIpc) is 2.53. The molecule has 0 spiro atoms. The fraction of sp³-hybridized carbons (Fsp3) is 0.235. The first-order valence-corrected chi connectivity index (χ1v) is 7.06. The molecule has 21 heavy (non-hydrogen) atoms. The molecule has 1 unspecified atom stereocenters. The molecule has 1 atom stereocenters. The SMILES string of the molecule is Nc1ccc2c(c1)C(C(=O)OCc1ccccc1)NCC2. The van der Waals surface area contributed by atoms with E-state index in [-0.39, 0.29) is 12.6 Å². The van der Waals surface area contributed by atoms with Crippen molar-refractivity contribution >= 4 is 11.7 Å². The average molecular weight is 282 g/mol. The van der Waals surface area contributed by atoms with Crippen molar-refractivity contribution in [3.05, 3.63) is 65.2 Å². The Morgan fingerprint density at radius 1 is 1.24 bits per heavy atom. The standard InChI is InChI=1S/C17H18N2O2/c18-14-7-6-13-8-9-19-16(15(13)10-14)17(20)21-11-12-4-2-1-3-5-12/h1-7,10,16,19H,8-9,11,18H2. The number of benzene rings is 2. The number of hydrogen-bond acceptors (Lipinski definition) is 4. The lowest BCUT2D eigenvalue weighted by atomic mass is 9.94. The molecule has 3 N–H and O–H groups in total. The Hall–Kier alpha value is -2.33. The Kier molecular flexibility index (Phi) is 3.88. The summed E-state index contributed by atoms with van der Waals surface area (Å²) in [6, 6.07) is 15.0. The van der Waals surface area contributed by atoms with Crippen molar-refractivity contribution in [1.82, 2.24) is 5.32 Å². The molecule has 108 valence electrons. The van der Waals surface area contributed by atoms with Gasteiger partial charge in [-0.1, -0.05) is 36.4 Å². The first-order valence-electron chi connectivity index (χ1n) is 7.06. The minimum absolute atomic E-state index is 0.259. The smallest absolute Gasteiger partial charge is 0.328 e. The molecule has 0 fully saturated rings. The first-order chi connectivity index (χ1) is 10.2. The van der Waals surface area contributed by atoms with Crippen LogP contribution < -0.4 is 11.1 Å². The molecule has 0 aromatic heterocycles. The van der Waals surface area contributed by atoms with Crippen molar-refractivity contribution in [1.29, 1.82) is 0 Å². The number of nitrogens with one attached hydrogen (secondary N) is 1. The van der Waals surface area contributed by atoms with E-state index in [2.05, 4.69) is 5.32 Å². The lowest BCUT2D eigenvalue weighted by Crippen LogP contribution is -2.36. The van der Waals surface area contributed by atoms with Gasteiger partial charge in [0.25, 0.3) is 0 Å². The van der Waals surface area contributed by atoms with Gasteiger partial charge in [-0.25, -0.2) is 4.79 Å². The third kappa shape index (κ3) is 3.06. The monoisotopic (exact) mass is 282 g/mol. The van der Waals surface area contributed by atoms with Gasteiger partial charge < -0.3 is 15.8 Å². The summed E-state index contributed by atoms with van der Waals surface area (Å²) in [5.74, 6) is -0.259. The number of ether oxygens (including phenoxy) is 1. The number of nitrogens with two attached hydrogens (primary N) is 1. The number of anilines is 1. The molecule has 3 rings (SSSR count). The maximum absolute atomic E-state index is 12.3. The van der Waals surface area contributed by atoms with Gasteiger partial charge in [-0.3, -0.25) is 0 Å². The minimum atomic E-state index is -0.430. The lowest BCUT2D eigenvalue weighted by molar-refractivity contribution is -0.147. The van der Waals surface area contributed by atoms with Gasteiger partial charge in [0.2, 0.25) is 0 Å². The molecule has 2 aromatic carbocycles. The number of esters is 1. The zero-order valence-corrected chi connectivity index (χ0v) is 11.7. The Morgan fingerprint density at radius 3 is 2.86 bits per heavy atom. The van der Waals surface area contributed by atoms with E-state index in [4.69, 9.17) is 10.5 Å². The number of rotatable bonds is 3. The topological polar surface area (TPSA) is 64.4 Å². The molecule has 0 bridgehead atoms. The zero-order valence-electron chi connectivity index (χ0n) is 11.7. The zero-order chi connectivity index (χ0) is 14.7. The van der Waals surface area contributed by atoms with Crippen molar-refractivity contribution in [2.24, 2.45) is 0 Å². The molecule has 1 aliphatic rings. The van der Waals surface area contributed by atoms with Crippen molar-refractivity contribution in [3.63, 3.8) is 0 Å². The van der Waals surface area contributed by atoms with Crippen LogP contribution in [0.2, 0.25) is 0 Å². The van der Waals surface area contributed by atoms with Crippen molar-refractivity contribution < 1.29 is 9.53 Å². The van der Waals surface area contributed by atoms with Crippen LogP contribution >= 0.6 is 0 Å². The van der Waals surface area contributed by atoms with Gasteiger partial charge >= 0.3 is 5.97 Å². The van der Waals surface area contributed by atoms with E-state index in [1.807, 2.05) is 48.5 Å². The summed E-state index contributed by atoms with van der Waals surface area (Å²) in [4.78, 5) is 12.3. The van der Waals surface area contributed by atoms with Gasteiger partial charge in [-0.15, -0.1) is 0 Å². The second-order valence-corrected chi connectivity index (χ2v) is 5.19. The second-order valence-electron chi connectivity index (χ2n) is 5.19. The predicted octanol–water partition coefficient (Wildman–Crippen LogP) is 2.20. The molecule has 4 heteroatoms. The number of hydrogen-bond donors (Lipinski definition) is 2. The fourth-order valence-electron chi connectivity index (χ4n) is 2.59. The highest BCUT2D eigenvalue weighted by molar-refractivity contribution is 5.79. The molecular formula is C17H18N2O2. The van der Waals surface area contributed by atoms with Gasteiger partial charge in [-0.05, 0) is 35.2 Å². The van der Waals surface area contributed by atoms with Gasteiger partial charge in [0.05, 0.1) is 0 Å². The quantitative estimate of drug-likeness (QED) is 0.669. The summed E-state index contributed by atoms with van der Waals surface area (Å²) < 4.78 is 5.42. The Labute approximate surface area is 123 Å². The molecule has 0 aliphatic carbocycles. The van der Waals surface area contributed by atoms with Gasteiger partial charge in [0, 0.05) is 12.2 Å². The highest BCUT2D eigenvalue weighted by Crippen LogP contribution is 2.26. The van der Waals surface area contributed by atoms with E-state index >= 15 is 0 Å². The molecule has 1 aliphatic heterocycles. The van der Waals surface area contributed by atoms with Crippen LogP contribution in [0.4, 0.5) is 5.69 Å². The molecule has 0 saturated carbocycles. The van der Waals surface area contributed by atoms with E-state index < -0.39 is 6.04 Å². The minimum Gasteiger partial charge on any atom is -0.459 e. The van der Waals surface area contributed by atoms with Crippen LogP contribution in [0.5, 0.6) is 0 Å². The maximum atomic E-state index is 12.3. The molecular weight excluding hydrogens is 264 g/mol. The third-order valence-electron chi connectivity index (χ3n) is 3.68. The van der Waals surface area contributed by atoms with Gasteiger partial charge in [-0.2, -0.15) is 0 Å². The Balaban J connectivity index is 1.73. The van der Waals surface area contributed by atoms with E-state index in [0.717, 1.165) is 29.7 Å². The first kappa shape index (κ1) is 13.6. The second kappa shape index (κ2) is 5.97. The Morgan fingerprint density at radius 2 is 2.05 bits per heavy atom. The van der Waals surface area contributed by atoms with Gasteiger partial charge in [0.1, 0.15) is 12.6 Å². The van der Waals surface area contributed by atoms with E-state index in [1.54, 1.807) is 0 Å². The van der Waals surface area contributed by atoms with Gasteiger partial charge in [0.15, 0.2) is 0 Å². The normalized spacial score (nSPS) is 17.0. The van der Waals surface area contributed by atoms with Crippen molar-refractivity contribution in [3.8, 4) is 0 Å².